The molecule has 0 radical (unpaired) electrons. The van der Waals surface area contributed by atoms with Gasteiger partial charge in [0.25, 0.3) is 5.91 Å². The van der Waals surface area contributed by atoms with Crippen molar-refractivity contribution >= 4 is 28.1 Å². The minimum Gasteiger partial charge on any atom is -0.483 e. The van der Waals surface area contributed by atoms with E-state index in [4.69, 9.17) is 4.74 Å². The summed E-state index contributed by atoms with van der Waals surface area (Å²) in [5.41, 5.74) is 0.420. The highest BCUT2D eigenvalue weighted by Gasteiger charge is 2.09. The van der Waals surface area contributed by atoms with Gasteiger partial charge >= 0.3 is 0 Å². The highest BCUT2D eigenvalue weighted by atomic mass is 79.9. The Hall–Kier alpha value is -1.36. The van der Waals surface area contributed by atoms with E-state index in [1.807, 2.05) is 6.92 Å². The Bertz CT molecular complexity index is 448. The molecule has 1 aromatic carbocycles. The molecule has 0 bridgehead atoms. The second-order valence-electron chi connectivity index (χ2n) is 4.35. The number of nitrogens with one attached hydrogen (secondary N) is 1. The van der Waals surface area contributed by atoms with Crippen LogP contribution < -0.4 is 10.1 Å². The predicted molar refractivity (Wildman–Crippen MR) is 77.5 cm³/mol. The van der Waals surface area contributed by atoms with E-state index in [2.05, 4.69) is 28.2 Å². The van der Waals surface area contributed by atoms with Crippen LogP contribution in [0, 0.1) is 0 Å². The fourth-order valence-corrected chi connectivity index (χ4v) is 2.09. The molecule has 0 aliphatic rings. The van der Waals surface area contributed by atoms with Gasteiger partial charge in [0.1, 0.15) is 5.75 Å². The van der Waals surface area contributed by atoms with Crippen molar-refractivity contribution in [2.24, 2.45) is 0 Å². The first-order valence-corrected chi connectivity index (χ1v) is 7.03. The highest BCUT2D eigenvalue weighted by molar-refractivity contribution is 9.10. The van der Waals surface area contributed by atoms with E-state index < -0.39 is 0 Å². The number of ether oxygens (including phenoxy) is 1. The summed E-state index contributed by atoms with van der Waals surface area (Å²) in [7, 11) is 0. The Morgan fingerprint density at radius 3 is 2.89 bits per heavy atom. The zero-order chi connectivity index (χ0) is 14.3. The zero-order valence-corrected chi connectivity index (χ0v) is 12.7. The standard InChI is InChI=1S/C14H18BrNO3/c1-3-4-10(2)16-14(18)9-19-13-6-5-12(15)7-11(13)8-17/h5-8,10H,3-4,9H2,1-2H3,(H,16,18). The third kappa shape index (κ3) is 5.42. The lowest BCUT2D eigenvalue weighted by Gasteiger charge is -2.13. The Morgan fingerprint density at radius 1 is 1.53 bits per heavy atom. The number of hydrogen-bond donors (Lipinski definition) is 1. The lowest BCUT2D eigenvalue weighted by atomic mass is 10.2. The smallest absolute Gasteiger partial charge is 0.258 e. The number of rotatable bonds is 7. The first-order valence-electron chi connectivity index (χ1n) is 6.23. The highest BCUT2D eigenvalue weighted by Crippen LogP contribution is 2.21. The maximum atomic E-state index is 11.6. The van der Waals surface area contributed by atoms with Gasteiger partial charge in [0.2, 0.25) is 0 Å². The SMILES string of the molecule is CCCC(C)NC(=O)COc1ccc(Br)cc1C=O. The van der Waals surface area contributed by atoms with Crippen LogP contribution in [0.3, 0.4) is 0 Å². The number of carbonyl (C=O) groups is 2. The normalized spacial score (nSPS) is 11.7. The molecule has 1 rings (SSSR count). The third-order valence-corrected chi connectivity index (χ3v) is 3.08. The van der Waals surface area contributed by atoms with E-state index in [9.17, 15) is 9.59 Å². The summed E-state index contributed by atoms with van der Waals surface area (Å²) in [6.45, 7) is 3.94. The molecule has 4 nitrogen and oxygen atoms in total. The summed E-state index contributed by atoms with van der Waals surface area (Å²) in [4.78, 5) is 22.5. The minimum atomic E-state index is -0.180. The molecule has 0 spiro atoms. The number of hydrogen-bond acceptors (Lipinski definition) is 3. The van der Waals surface area contributed by atoms with Gasteiger partial charge in [0.15, 0.2) is 12.9 Å². The number of halogens is 1. The third-order valence-electron chi connectivity index (χ3n) is 2.59. The van der Waals surface area contributed by atoms with Crippen molar-refractivity contribution in [1.29, 1.82) is 0 Å². The van der Waals surface area contributed by atoms with Crippen LogP contribution in [0.5, 0.6) is 5.75 Å². The Kier molecular flexibility index (Phi) is 6.56. The van der Waals surface area contributed by atoms with Crippen molar-refractivity contribution < 1.29 is 14.3 Å². The van der Waals surface area contributed by atoms with Crippen molar-refractivity contribution in [3.05, 3.63) is 28.2 Å². The second kappa shape index (κ2) is 7.94. The topological polar surface area (TPSA) is 55.4 Å². The molecular formula is C14H18BrNO3. The number of benzene rings is 1. The minimum absolute atomic E-state index is 0.0868. The average molecular weight is 328 g/mol. The van der Waals surface area contributed by atoms with E-state index in [-0.39, 0.29) is 18.6 Å². The van der Waals surface area contributed by atoms with Gasteiger partial charge in [-0.25, -0.2) is 0 Å². The van der Waals surface area contributed by atoms with Crippen LogP contribution in [0.2, 0.25) is 0 Å². The lowest BCUT2D eigenvalue weighted by molar-refractivity contribution is -0.123. The van der Waals surface area contributed by atoms with Crippen LogP contribution in [0.4, 0.5) is 0 Å². The summed E-state index contributed by atoms with van der Waals surface area (Å²) in [6.07, 6.45) is 2.66. The molecular weight excluding hydrogens is 310 g/mol. The summed E-state index contributed by atoms with van der Waals surface area (Å²) in [5, 5.41) is 2.84. The van der Waals surface area contributed by atoms with Gasteiger partial charge in [0.05, 0.1) is 5.56 Å². The molecule has 19 heavy (non-hydrogen) atoms. The Labute approximate surface area is 121 Å². The maximum absolute atomic E-state index is 11.6. The fourth-order valence-electron chi connectivity index (χ4n) is 1.71. The van der Waals surface area contributed by atoms with Crippen LogP contribution in [0.15, 0.2) is 22.7 Å². The molecule has 0 saturated carbocycles. The van der Waals surface area contributed by atoms with Crippen molar-refractivity contribution in [1.82, 2.24) is 5.32 Å². The Morgan fingerprint density at radius 2 is 2.26 bits per heavy atom. The first kappa shape index (κ1) is 15.7. The molecule has 0 heterocycles. The summed E-state index contributed by atoms with van der Waals surface area (Å²) in [6, 6.07) is 5.22. The van der Waals surface area contributed by atoms with E-state index in [1.54, 1.807) is 18.2 Å². The molecule has 104 valence electrons. The molecule has 0 fully saturated rings. The largest absolute Gasteiger partial charge is 0.483 e. The van der Waals surface area contributed by atoms with Crippen molar-refractivity contribution in [3.8, 4) is 5.75 Å². The zero-order valence-electron chi connectivity index (χ0n) is 11.1. The number of carbonyl (C=O) groups excluding carboxylic acids is 2. The lowest BCUT2D eigenvalue weighted by Crippen LogP contribution is -2.36. The Balaban J connectivity index is 2.52. The van der Waals surface area contributed by atoms with Gasteiger partial charge in [-0.1, -0.05) is 29.3 Å². The van der Waals surface area contributed by atoms with Crippen molar-refractivity contribution in [3.63, 3.8) is 0 Å². The van der Waals surface area contributed by atoms with Crippen LogP contribution in [0.1, 0.15) is 37.0 Å². The molecule has 1 amide bonds. The molecule has 0 aliphatic heterocycles. The van der Waals surface area contributed by atoms with E-state index in [1.165, 1.54) is 0 Å². The molecule has 0 aromatic heterocycles. The quantitative estimate of drug-likeness (QED) is 0.783. The van der Waals surface area contributed by atoms with E-state index in [0.717, 1.165) is 17.3 Å². The summed E-state index contributed by atoms with van der Waals surface area (Å²) in [5.74, 6) is 0.234. The monoisotopic (exact) mass is 327 g/mol. The van der Waals surface area contributed by atoms with Crippen LogP contribution in [0.25, 0.3) is 0 Å². The van der Waals surface area contributed by atoms with Gasteiger partial charge in [-0.2, -0.15) is 0 Å². The first-order chi connectivity index (χ1) is 9.06. The molecule has 0 aliphatic carbocycles. The number of amides is 1. The molecule has 0 saturated heterocycles. The van der Waals surface area contributed by atoms with Gasteiger partial charge in [-0.15, -0.1) is 0 Å². The fraction of sp³-hybridized carbons (Fsp3) is 0.429. The maximum Gasteiger partial charge on any atom is 0.258 e. The van der Waals surface area contributed by atoms with Crippen molar-refractivity contribution in [2.45, 2.75) is 32.7 Å². The van der Waals surface area contributed by atoms with Gasteiger partial charge in [-0.3, -0.25) is 9.59 Å². The van der Waals surface area contributed by atoms with Gasteiger partial charge in [-0.05, 0) is 31.5 Å². The molecule has 5 heteroatoms. The van der Waals surface area contributed by atoms with Crippen LogP contribution in [-0.4, -0.2) is 24.8 Å². The molecule has 1 unspecified atom stereocenters. The van der Waals surface area contributed by atoms with Gasteiger partial charge < -0.3 is 10.1 Å². The van der Waals surface area contributed by atoms with Crippen molar-refractivity contribution in [2.75, 3.05) is 6.61 Å². The average Bonchev–Trinajstić information content (AvgIpc) is 2.37. The van der Waals surface area contributed by atoms with Gasteiger partial charge in [0, 0.05) is 10.5 Å². The molecule has 1 atom stereocenters. The van der Waals surface area contributed by atoms with Crippen LogP contribution >= 0.6 is 15.9 Å². The molecule has 1 aromatic rings. The summed E-state index contributed by atoms with van der Waals surface area (Å²) < 4.78 is 6.15. The molecule has 1 N–H and O–H groups in total. The van der Waals surface area contributed by atoms with E-state index >= 15 is 0 Å². The van der Waals surface area contributed by atoms with Crippen LogP contribution in [-0.2, 0) is 4.79 Å². The predicted octanol–water partition coefficient (Wildman–Crippen LogP) is 2.95. The second-order valence-corrected chi connectivity index (χ2v) is 5.26. The summed E-state index contributed by atoms with van der Waals surface area (Å²) >= 11 is 3.27. The number of aldehydes is 1. The van der Waals surface area contributed by atoms with E-state index in [0.29, 0.717) is 17.6 Å².